The third-order valence-corrected chi connectivity index (χ3v) is 4.72. The van der Waals surface area contributed by atoms with Crippen molar-refractivity contribution in [1.82, 2.24) is 0 Å². The molecule has 2 aliphatic rings. The molecule has 0 unspecified atom stereocenters. The molecule has 0 fully saturated rings. The van der Waals surface area contributed by atoms with Crippen molar-refractivity contribution in [2.75, 3.05) is 26.9 Å². The van der Waals surface area contributed by atoms with Crippen LogP contribution in [0.4, 0.5) is 0 Å². The summed E-state index contributed by atoms with van der Waals surface area (Å²) in [5.74, 6) is 2.47. The van der Waals surface area contributed by atoms with Crippen LogP contribution in [0.3, 0.4) is 0 Å². The van der Waals surface area contributed by atoms with Gasteiger partial charge in [-0.2, -0.15) is 0 Å². The van der Waals surface area contributed by atoms with Crippen molar-refractivity contribution < 1.29 is 23.7 Å². The molecule has 130 valence electrons. The van der Waals surface area contributed by atoms with Crippen LogP contribution in [0.2, 0.25) is 0 Å². The van der Waals surface area contributed by atoms with Gasteiger partial charge in [-0.15, -0.1) is 0 Å². The first-order chi connectivity index (χ1) is 12.2. The van der Waals surface area contributed by atoms with Gasteiger partial charge in [-0.05, 0) is 35.7 Å². The molecule has 25 heavy (non-hydrogen) atoms. The Hall–Kier alpha value is -2.69. The Bertz CT molecular complexity index is 827. The summed E-state index contributed by atoms with van der Waals surface area (Å²) in [6.45, 7) is 3.41. The molecule has 2 heterocycles. The van der Waals surface area contributed by atoms with Crippen molar-refractivity contribution in [3.05, 3.63) is 47.0 Å². The van der Waals surface area contributed by atoms with Gasteiger partial charge in [0.2, 0.25) is 0 Å². The minimum atomic E-state index is -0.346. The molecule has 0 amide bonds. The Labute approximate surface area is 146 Å². The third-order valence-electron chi connectivity index (χ3n) is 4.72. The van der Waals surface area contributed by atoms with Crippen LogP contribution < -0.4 is 18.9 Å². The molecular formula is C20H20O5. The molecule has 0 N–H and O–H groups in total. The Morgan fingerprint density at radius 1 is 1.04 bits per heavy atom. The van der Waals surface area contributed by atoms with Crippen LogP contribution in [-0.2, 0) is 6.42 Å². The smallest absolute Gasteiger partial charge is 0.177 e. The van der Waals surface area contributed by atoms with Crippen LogP contribution in [0.1, 0.15) is 34.3 Å². The highest BCUT2D eigenvalue weighted by molar-refractivity contribution is 6.04. The topological polar surface area (TPSA) is 54.0 Å². The SMILES string of the molecule is CCc1cc2c(cc1OC)OC[C@H](c1ccc3c(c1)OCCO3)C2=O. The zero-order valence-electron chi connectivity index (χ0n) is 14.3. The van der Waals surface area contributed by atoms with Gasteiger partial charge in [0.05, 0.1) is 18.6 Å². The second-order valence-corrected chi connectivity index (χ2v) is 6.14. The van der Waals surface area contributed by atoms with E-state index in [4.69, 9.17) is 18.9 Å². The summed E-state index contributed by atoms with van der Waals surface area (Å²) in [6, 6.07) is 9.36. The lowest BCUT2D eigenvalue weighted by atomic mass is 9.87. The van der Waals surface area contributed by atoms with Gasteiger partial charge >= 0.3 is 0 Å². The van der Waals surface area contributed by atoms with Crippen molar-refractivity contribution in [2.24, 2.45) is 0 Å². The van der Waals surface area contributed by atoms with Gasteiger partial charge in [-0.3, -0.25) is 4.79 Å². The first-order valence-corrected chi connectivity index (χ1v) is 8.48. The molecule has 2 aromatic carbocycles. The lowest BCUT2D eigenvalue weighted by molar-refractivity contribution is 0.0895. The number of rotatable bonds is 3. The van der Waals surface area contributed by atoms with Gasteiger partial charge in [0, 0.05) is 6.07 Å². The number of ether oxygens (including phenoxy) is 4. The fourth-order valence-corrected chi connectivity index (χ4v) is 3.35. The van der Waals surface area contributed by atoms with Gasteiger partial charge in [-0.25, -0.2) is 0 Å². The number of hydrogen-bond acceptors (Lipinski definition) is 5. The van der Waals surface area contributed by atoms with Crippen molar-refractivity contribution >= 4 is 5.78 Å². The van der Waals surface area contributed by atoms with Crippen LogP contribution >= 0.6 is 0 Å². The number of methoxy groups -OCH3 is 1. The Balaban J connectivity index is 1.69. The third kappa shape index (κ3) is 2.69. The fraction of sp³-hybridized carbons (Fsp3) is 0.350. The number of hydrogen-bond donors (Lipinski definition) is 0. The van der Waals surface area contributed by atoms with E-state index in [0.717, 1.165) is 29.0 Å². The van der Waals surface area contributed by atoms with E-state index in [1.807, 2.05) is 37.3 Å². The second-order valence-electron chi connectivity index (χ2n) is 6.14. The summed E-state index contributed by atoms with van der Waals surface area (Å²) in [5, 5.41) is 0. The molecule has 0 saturated carbocycles. The van der Waals surface area contributed by atoms with E-state index in [0.29, 0.717) is 36.9 Å². The predicted octanol–water partition coefficient (Wildman–Crippen LogP) is 3.39. The van der Waals surface area contributed by atoms with Crippen molar-refractivity contribution in [1.29, 1.82) is 0 Å². The summed E-state index contributed by atoms with van der Waals surface area (Å²) < 4.78 is 22.4. The largest absolute Gasteiger partial charge is 0.496 e. The number of benzene rings is 2. The molecular weight excluding hydrogens is 320 g/mol. The van der Waals surface area contributed by atoms with Crippen molar-refractivity contribution in [2.45, 2.75) is 19.3 Å². The number of fused-ring (bicyclic) bond motifs is 2. The number of Topliss-reactive ketones (excluding diaryl/α,β-unsaturated/α-hetero) is 1. The number of aryl methyl sites for hydroxylation is 1. The van der Waals surface area contributed by atoms with E-state index in [1.165, 1.54) is 0 Å². The molecule has 2 aromatic rings. The Kier molecular flexibility index (Phi) is 3.99. The first kappa shape index (κ1) is 15.8. The lowest BCUT2D eigenvalue weighted by Gasteiger charge is -2.27. The van der Waals surface area contributed by atoms with E-state index in [2.05, 4.69) is 0 Å². The molecule has 0 aromatic heterocycles. The maximum absolute atomic E-state index is 13.1. The molecule has 4 rings (SSSR count). The molecule has 5 heteroatoms. The van der Waals surface area contributed by atoms with E-state index >= 15 is 0 Å². The predicted molar refractivity (Wildman–Crippen MR) is 92.4 cm³/mol. The molecule has 0 aliphatic carbocycles. The summed E-state index contributed by atoms with van der Waals surface area (Å²) >= 11 is 0. The first-order valence-electron chi connectivity index (χ1n) is 8.48. The molecule has 0 bridgehead atoms. The minimum absolute atomic E-state index is 0.0651. The molecule has 0 radical (unpaired) electrons. The molecule has 0 saturated heterocycles. The summed E-state index contributed by atoms with van der Waals surface area (Å²) in [5.41, 5.74) is 2.50. The Morgan fingerprint density at radius 3 is 2.60 bits per heavy atom. The zero-order chi connectivity index (χ0) is 17.4. The van der Waals surface area contributed by atoms with E-state index in [9.17, 15) is 4.79 Å². The normalized spacial score (nSPS) is 18.3. The van der Waals surface area contributed by atoms with Gasteiger partial charge < -0.3 is 18.9 Å². The highest BCUT2D eigenvalue weighted by Crippen LogP contribution is 2.39. The van der Waals surface area contributed by atoms with Crippen LogP contribution in [0, 0.1) is 0 Å². The quantitative estimate of drug-likeness (QED) is 0.857. The van der Waals surface area contributed by atoms with Gasteiger partial charge in [0.25, 0.3) is 0 Å². The van der Waals surface area contributed by atoms with Crippen LogP contribution in [-0.4, -0.2) is 32.7 Å². The van der Waals surface area contributed by atoms with Crippen molar-refractivity contribution in [3.8, 4) is 23.0 Å². The van der Waals surface area contributed by atoms with E-state index in [1.54, 1.807) is 7.11 Å². The maximum Gasteiger partial charge on any atom is 0.177 e. The van der Waals surface area contributed by atoms with Crippen LogP contribution in [0.25, 0.3) is 0 Å². The van der Waals surface area contributed by atoms with Gasteiger partial charge in [0.1, 0.15) is 31.3 Å². The highest BCUT2D eigenvalue weighted by Gasteiger charge is 2.32. The van der Waals surface area contributed by atoms with Crippen LogP contribution in [0.15, 0.2) is 30.3 Å². The Morgan fingerprint density at radius 2 is 1.84 bits per heavy atom. The molecule has 2 aliphatic heterocycles. The van der Waals surface area contributed by atoms with Crippen molar-refractivity contribution in [3.63, 3.8) is 0 Å². The number of carbonyl (C=O) groups excluding carboxylic acids is 1. The minimum Gasteiger partial charge on any atom is -0.496 e. The van der Waals surface area contributed by atoms with E-state index in [-0.39, 0.29) is 11.7 Å². The molecule has 1 atom stereocenters. The summed E-state index contributed by atoms with van der Waals surface area (Å²) in [4.78, 5) is 13.1. The fourth-order valence-electron chi connectivity index (χ4n) is 3.35. The second kappa shape index (κ2) is 6.31. The van der Waals surface area contributed by atoms with Gasteiger partial charge in [0.15, 0.2) is 17.3 Å². The average Bonchev–Trinajstić information content (AvgIpc) is 2.67. The van der Waals surface area contributed by atoms with E-state index < -0.39 is 0 Å². The van der Waals surface area contributed by atoms with Gasteiger partial charge in [-0.1, -0.05) is 13.0 Å². The molecule has 0 spiro atoms. The number of carbonyl (C=O) groups is 1. The summed E-state index contributed by atoms with van der Waals surface area (Å²) in [7, 11) is 1.63. The average molecular weight is 340 g/mol. The maximum atomic E-state index is 13.1. The highest BCUT2D eigenvalue weighted by atomic mass is 16.6. The standard InChI is InChI=1S/C20H20O5/c1-3-12-8-14-18(10-17(12)22-2)25-11-15(20(14)21)13-4-5-16-19(9-13)24-7-6-23-16/h4-5,8-10,15H,3,6-7,11H2,1-2H3/t15-/m1/s1. The number of ketones is 1. The zero-order valence-corrected chi connectivity index (χ0v) is 14.3. The monoisotopic (exact) mass is 340 g/mol. The van der Waals surface area contributed by atoms with Crippen LogP contribution in [0.5, 0.6) is 23.0 Å². The molecule has 5 nitrogen and oxygen atoms in total. The summed E-state index contributed by atoms with van der Waals surface area (Å²) in [6.07, 6.45) is 0.790. The lowest BCUT2D eigenvalue weighted by Crippen LogP contribution is -2.26.